The second kappa shape index (κ2) is 19.2. The van der Waals surface area contributed by atoms with Gasteiger partial charge < -0.3 is 4.74 Å². The van der Waals surface area contributed by atoms with Crippen molar-refractivity contribution in [1.29, 1.82) is 0 Å². The average Bonchev–Trinajstić information content (AvgIpc) is 2.59. The lowest BCUT2D eigenvalue weighted by atomic mass is 10.1. The number of allylic oxidation sites excluding steroid dienone is 1. The Balaban J connectivity index is 3.36. The number of hydrogen-bond acceptors (Lipinski definition) is 3. The van der Waals surface area contributed by atoms with Crippen LogP contribution in [0.2, 0.25) is 0 Å². The molecule has 25 heavy (non-hydrogen) atoms. The van der Waals surface area contributed by atoms with Crippen LogP contribution in [0.4, 0.5) is 0 Å². The highest BCUT2D eigenvalue weighted by atomic mass is 16.6. The van der Waals surface area contributed by atoms with Crippen LogP contribution >= 0.6 is 0 Å². The number of carbonyl (C=O) groups excluding carboxylic acids is 2. The summed E-state index contributed by atoms with van der Waals surface area (Å²) in [5, 5.41) is 0. The molecule has 0 fully saturated rings. The van der Waals surface area contributed by atoms with Crippen molar-refractivity contribution >= 4 is 11.9 Å². The van der Waals surface area contributed by atoms with Crippen molar-refractivity contribution in [1.82, 2.24) is 0 Å². The molecular weight excluding hydrogens is 312 g/mol. The highest BCUT2D eigenvalue weighted by molar-refractivity contribution is 5.85. The Hall–Kier alpha value is -1.12. The van der Waals surface area contributed by atoms with E-state index in [1.165, 1.54) is 57.8 Å². The molecule has 0 unspecified atom stereocenters. The summed E-state index contributed by atoms with van der Waals surface area (Å²) in [6.45, 7) is 5.93. The molecule has 0 aliphatic rings. The average molecular weight is 353 g/mol. The fourth-order valence-corrected chi connectivity index (χ4v) is 2.90. The summed E-state index contributed by atoms with van der Waals surface area (Å²) in [6.07, 6.45) is 20.0. The van der Waals surface area contributed by atoms with E-state index in [2.05, 4.69) is 13.5 Å². The molecule has 3 nitrogen and oxygen atoms in total. The first kappa shape index (κ1) is 23.9. The number of hydrogen-bond donors (Lipinski definition) is 0. The Kier molecular flexibility index (Phi) is 18.3. The number of esters is 2. The van der Waals surface area contributed by atoms with Crippen molar-refractivity contribution in [2.24, 2.45) is 0 Å². The molecular formula is C22H40O3. The van der Waals surface area contributed by atoms with Gasteiger partial charge in [0.05, 0.1) is 0 Å². The highest BCUT2D eigenvalue weighted by Gasteiger charge is 2.09. The molecule has 0 heterocycles. The van der Waals surface area contributed by atoms with E-state index in [4.69, 9.17) is 4.74 Å². The maximum atomic E-state index is 11.6. The van der Waals surface area contributed by atoms with E-state index in [-0.39, 0.29) is 11.9 Å². The van der Waals surface area contributed by atoms with Crippen LogP contribution in [0.5, 0.6) is 0 Å². The molecule has 0 radical (unpaired) electrons. The van der Waals surface area contributed by atoms with Crippen molar-refractivity contribution in [2.75, 3.05) is 0 Å². The van der Waals surface area contributed by atoms with Gasteiger partial charge in [-0.25, -0.2) is 0 Å². The fourth-order valence-electron chi connectivity index (χ4n) is 2.90. The largest absolute Gasteiger partial charge is 0.393 e. The van der Waals surface area contributed by atoms with Gasteiger partial charge in [0.15, 0.2) is 0 Å². The zero-order chi connectivity index (χ0) is 18.6. The van der Waals surface area contributed by atoms with Crippen LogP contribution in [0.1, 0.15) is 116 Å². The molecule has 0 N–H and O–H groups in total. The minimum absolute atomic E-state index is 0.347. The van der Waals surface area contributed by atoms with E-state index < -0.39 is 0 Å². The van der Waals surface area contributed by atoms with E-state index in [0.29, 0.717) is 12.8 Å². The smallest absolute Gasteiger partial charge is 0.313 e. The van der Waals surface area contributed by atoms with Crippen molar-refractivity contribution in [2.45, 2.75) is 116 Å². The van der Waals surface area contributed by atoms with Gasteiger partial charge in [0.1, 0.15) is 0 Å². The minimum atomic E-state index is -0.351. The monoisotopic (exact) mass is 352 g/mol. The highest BCUT2D eigenvalue weighted by Crippen LogP contribution is 2.11. The third-order valence-electron chi connectivity index (χ3n) is 4.50. The molecule has 0 bridgehead atoms. The second-order valence-corrected chi connectivity index (χ2v) is 7.02. The summed E-state index contributed by atoms with van der Waals surface area (Å²) < 4.78 is 4.88. The first-order valence-electron chi connectivity index (χ1n) is 10.5. The summed E-state index contributed by atoms with van der Waals surface area (Å²) in [6, 6.07) is 0. The van der Waals surface area contributed by atoms with Gasteiger partial charge in [0.25, 0.3) is 0 Å². The van der Waals surface area contributed by atoms with Gasteiger partial charge in [-0.2, -0.15) is 0 Å². The Morgan fingerprint density at radius 2 is 1.08 bits per heavy atom. The van der Waals surface area contributed by atoms with Gasteiger partial charge in [-0.05, 0) is 25.7 Å². The Bertz CT molecular complexity index is 336. The Morgan fingerprint density at radius 3 is 1.52 bits per heavy atom. The standard InChI is InChI=1S/C22H40O3/c1-3-5-7-9-11-13-15-17-19-21(23)25-22(24)20-18-16-14-12-10-8-6-4-2/h3H,1,4-20H2,2H3. The van der Waals surface area contributed by atoms with Crippen LogP contribution in [0, 0.1) is 0 Å². The summed E-state index contributed by atoms with van der Waals surface area (Å²) in [4.78, 5) is 23.2. The van der Waals surface area contributed by atoms with Gasteiger partial charge in [-0.3, -0.25) is 9.59 Å². The lowest BCUT2D eigenvalue weighted by molar-refractivity contribution is -0.159. The molecule has 146 valence electrons. The van der Waals surface area contributed by atoms with Crippen LogP contribution in [0.3, 0.4) is 0 Å². The molecule has 3 heteroatoms. The summed E-state index contributed by atoms with van der Waals surface area (Å²) in [5.41, 5.74) is 0. The number of unbranched alkanes of at least 4 members (excludes halogenated alkanes) is 13. The van der Waals surface area contributed by atoms with Crippen LogP contribution < -0.4 is 0 Å². The molecule has 0 aliphatic heterocycles. The quantitative estimate of drug-likeness (QED) is 0.117. The molecule has 0 atom stereocenters. The van der Waals surface area contributed by atoms with Crippen molar-refractivity contribution < 1.29 is 14.3 Å². The molecule has 0 aromatic rings. The van der Waals surface area contributed by atoms with Crippen LogP contribution in [0.15, 0.2) is 12.7 Å². The van der Waals surface area contributed by atoms with Gasteiger partial charge in [0.2, 0.25) is 0 Å². The molecule has 0 aliphatic carbocycles. The molecule has 0 aromatic carbocycles. The van der Waals surface area contributed by atoms with Gasteiger partial charge in [0, 0.05) is 12.8 Å². The first-order valence-corrected chi connectivity index (χ1v) is 10.5. The number of ether oxygens (including phenoxy) is 1. The SMILES string of the molecule is C=CCCCCCCCCC(=O)OC(=O)CCCCCCCCCC. The lowest BCUT2D eigenvalue weighted by Crippen LogP contribution is -2.11. The molecule has 0 aromatic heterocycles. The van der Waals surface area contributed by atoms with Gasteiger partial charge in [-0.15, -0.1) is 6.58 Å². The second-order valence-electron chi connectivity index (χ2n) is 7.02. The topological polar surface area (TPSA) is 43.4 Å². The van der Waals surface area contributed by atoms with E-state index in [0.717, 1.165) is 38.5 Å². The fraction of sp³-hybridized carbons (Fsp3) is 0.818. The van der Waals surface area contributed by atoms with Crippen LogP contribution in [-0.2, 0) is 14.3 Å². The van der Waals surface area contributed by atoms with Crippen LogP contribution in [0.25, 0.3) is 0 Å². The van der Waals surface area contributed by atoms with Crippen molar-refractivity contribution in [3.63, 3.8) is 0 Å². The van der Waals surface area contributed by atoms with Crippen LogP contribution in [-0.4, -0.2) is 11.9 Å². The maximum absolute atomic E-state index is 11.6. The number of rotatable bonds is 18. The van der Waals surface area contributed by atoms with Gasteiger partial charge >= 0.3 is 11.9 Å². The minimum Gasteiger partial charge on any atom is -0.393 e. The zero-order valence-corrected chi connectivity index (χ0v) is 16.5. The summed E-state index contributed by atoms with van der Waals surface area (Å²) >= 11 is 0. The predicted octanol–water partition coefficient (Wildman–Crippen LogP) is 6.89. The Labute approximate surface area is 155 Å². The first-order chi connectivity index (χ1) is 12.2. The van der Waals surface area contributed by atoms with E-state index >= 15 is 0 Å². The molecule has 0 saturated heterocycles. The number of carbonyl (C=O) groups is 2. The third-order valence-corrected chi connectivity index (χ3v) is 4.50. The van der Waals surface area contributed by atoms with E-state index in [1.807, 2.05) is 6.08 Å². The third kappa shape index (κ3) is 19.1. The van der Waals surface area contributed by atoms with E-state index in [1.54, 1.807) is 0 Å². The normalized spacial score (nSPS) is 10.6. The lowest BCUT2D eigenvalue weighted by Gasteiger charge is -2.04. The summed E-state index contributed by atoms with van der Waals surface area (Å²) in [7, 11) is 0. The summed E-state index contributed by atoms with van der Waals surface area (Å²) in [5.74, 6) is -0.698. The van der Waals surface area contributed by atoms with E-state index in [9.17, 15) is 9.59 Å². The zero-order valence-electron chi connectivity index (χ0n) is 16.5. The predicted molar refractivity (Wildman–Crippen MR) is 105 cm³/mol. The molecule has 0 rings (SSSR count). The van der Waals surface area contributed by atoms with Gasteiger partial charge in [-0.1, -0.05) is 83.6 Å². The van der Waals surface area contributed by atoms with Crippen molar-refractivity contribution in [3.05, 3.63) is 12.7 Å². The molecule has 0 saturated carbocycles. The Morgan fingerprint density at radius 1 is 0.680 bits per heavy atom. The molecule has 0 amide bonds. The van der Waals surface area contributed by atoms with Crippen molar-refractivity contribution in [3.8, 4) is 0 Å². The maximum Gasteiger partial charge on any atom is 0.313 e. The molecule has 0 spiro atoms.